The van der Waals surface area contributed by atoms with Crippen LogP contribution >= 0.6 is 0 Å². The smallest absolute Gasteiger partial charge is 0.335 e. The van der Waals surface area contributed by atoms with Gasteiger partial charge in [-0.3, -0.25) is 4.79 Å². The third kappa shape index (κ3) is 1.92. The first-order valence-corrected chi connectivity index (χ1v) is 5.93. The van der Waals surface area contributed by atoms with Crippen molar-refractivity contribution in [3.05, 3.63) is 23.8 Å². The topological polar surface area (TPSA) is 66.8 Å². The van der Waals surface area contributed by atoms with Gasteiger partial charge in [-0.15, -0.1) is 0 Å². The summed E-state index contributed by atoms with van der Waals surface area (Å²) >= 11 is 0. The average Bonchev–Trinajstić information content (AvgIpc) is 2.37. The van der Waals surface area contributed by atoms with Gasteiger partial charge < -0.3 is 14.7 Å². The zero-order valence-corrected chi connectivity index (χ0v) is 10.3. The molecule has 0 radical (unpaired) electrons. The lowest BCUT2D eigenvalue weighted by atomic mass is 10.1. The number of benzene rings is 1. The summed E-state index contributed by atoms with van der Waals surface area (Å²) in [7, 11) is 0. The Morgan fingerprint density at radius 2 is 2.17 bits per heavy atom. The van der Waals surface area contributed by atoms with Gasteiger partial charge in [0.25, 0.3) is 5.91 Å². The second-order valence-corrected chi connectivity index (χ2v) is 4.08. The lowest BCUT2D eigenvalue weighted by Crippen LogP contribution is -2.45. The molecule has 1 atom stereocenters. The quantitative estimate of drug-likeness (QED) is 0.888. The SMILES string of the molecule is CC[C@@H]1Oc2cc(C(=O)O)ccc2N(CC)C1=O. The van der Waals surface area contributed by atoms with Gasteiger partial charge in [-0.1, -0.05) is 6.92 Å². The second kappa shape index (κ2) is 4.68. The highest BCUT2D eigenvalue weighted by Crippen LogP contribution is 2.35. The van der Waals surface area contributed by atoms with Crippen LogP contribution in [-0.4, -0.2) is 29.6 Å². The molecule has 18 heavy (non-hydrogen) atoms. The Balaban J connectivity index is 2.47. The van der Waals surface area contributed by atoms with Crippen molar-refractivity contribution in [2.24, 2.45) is 0 Å². The van der Waals surface area contributed by atoms with E-state index in [1.165, 1.54) is 12.1 Å². The molecule has 5 heteroatoms. The van der Waals surface area contributed by atoms with Gasteiger partial charge in [0.15, 0.2) is 6.10 Å². The summed E-state index contributed by atoms with van der Waals surface area (Å²) in [6.45, 7) is 4.28. The standard InChI is InChI=1S/C13H15NO4/c1-3-10-12(15)14(4-2)9-6-5-8(13(16)17)7-11(9)18-10/h5-7,10H,3-4H2,1-2H3,(H,16,17)/t10-/m0/s1. The fourth-order valence-electron chi connectivity index (χ4n) is 2.04. The van der Waals surface area contributed by atoms with E-state index in [4.69, 9.17) is 9.84 Å². The summed E-state index contributed by atoms with van der Waals surface area (Å²) in [5, 5.41) is 8.95. The van der Waals surface area contributed by atoms with E-state index < -0.39 is 12.1 Å². The molecule has 5 nitrogen and oxygen atoms in total. The Morgan fingerprint density at radius 3 is 2.72 bits per heavy atom. The summed E-state index contributed by atoms with van der Waals surface area (Å²) in [4.78, 5) is 24.6. The van der Waals surface area contributed by atoms with Crippen LogP contribution < -0.4 is 9.64 Å². The number of carbonyl (C=O) groups is 2. The second-order valence-electron chi connectivity index (χ2n) is 4.08. The lowest BCUT2D eigenvalue weighted by Gasteiger charge is -2.33. The largest absolute Gasteiger partial charge is 0.478 e. The van der Waals surface area contributed by atoms with E-state index in [2.05, 4.69) is 0 Å². The Kier molecular flexibility index (Phi) is 3.23. The van der Waals surface area contributed by atoms with Crippen molar-refractivity contribution in [3.8, 4) is 5.75 Å². The van der Waals surface area contributed by atoms with E-state index in [1.54, 1.807) is 11.0 Å². The van der Waals surface area contributed by atoms with Crippen LogP contribution in [0, 0.1) is 0 Å². The molecule has 96 valence electrons. The third-order valence-corrected chi connectivity index (χ3v) is 3.00. The third-order valence-electron chi connectivity index (χ3n) is 3.00. The van der Waals surface area contributed by atoms with Crippen molar-refractivity contribution in [1.82, 2.24) is 0 Å². The van der Waals surface area contributed by atoms with E-state index in [0.717, 1.165) is 0 Å². The van der Waals surface area contributed by atoms with Gasteiger partial charge >= 0.3 is 5.97 Å². The predicted octanol–water partition coefficient (Wildman–Crippen LogP) is 1.91. The van der Waals surface area contributed by atoms with Crippen LogP contribution in [0.15, 0.2) is 18.2 Å². The van der Waals surface area contributed by atoms with Crippen LogP contribution in [0.2, 0.25) is 0 Å². The highest BCUT2D eigenvalue weighted by atomic mass is 16.5. The number of amides is 1. The Morgan fingerprint density at radius 1 is 1.44 bits per heavy atom. The average molecular weight is 249 g/mol. The summed E-state index contributed by atoms with van der Waals surface area (Å²) in [5.74, 6) is -0.617. The molecule has 0 saturated heterocycles. The molecule has 0 unspecified atom stereocenters. The van der Waals surface area contributed by atoms with Gasteiger partial charge in [0.2, 0.25) is 0 Å². The summed E-state index contributed by atoms with van der Waals surface area (Å²) in [6.07, 6.45) is 0.0352. The van der Waals surface area contributed by atoms with E-state index in [9.17, 15) is 9.59 Å². The molecule has 1 aromatic rings. The van der Waals surface area contributed by atoms with Crippen LogP contribution in [0.5, 0.6) is 5.75 Å². The van der Waals surface area contributed by atoms with Crippen molar-refractivity contribution >= 4 is 17.6 Å². The first kappa shape index (κ1) is 12.4. The van der Waals surface area contributed by atoms with Crippen molar-refractivity contribution in [3.63, 3.8) is 0 Å². The first-order chi connectivity index (χ1) is 8.58. The van der Waals surface area contributed by atoms with Gasteiger partial charge in [0.05, 0.1) is 11.3 Å². The van der Waals surface area contributed by atoms with E-state index in [-0.39, 0.29) is 11.5 Å². The number of carbonyl (C=O) groups excluding carboxylic acids is 1. The van der Waals surface area contributed by atoms with Crippen molar-refractivity contribution < 1.29 is 19.4 Å². The maximum absolute atomic E-state index is 12.1. The molecule has 0 spiro atoms. The number of carboxylic acids is 1. The van der Waals surface area contributed by atoms with Gasteiger partial charge in [0, 0.05) is 6.54 Å². The Bertz CT molecular complexity index is 498. The van der Waals surface area contributed by atoms with Crippen molar-refractivity contribution in [2.45, 2.75) is 26.4 Å². The fourth-order valence-corrected chi connectivity index (χ4v) is 2.04. The number of rotatable bonds is 3. The van der Waals surface area contributed by atoms with Gasteiger partial charge in [0.1, 0.15) is 5.75 Å². The van der Waals surface area contributed by atoms with E-state index in [0.29, 0.717) is 24.4 Å². The normalized spacial score (nSPS) is 18.2. The summed E-state index contributed by atoms with van der Waals surface area (Å²) in [6, 6.07) is 4.56. The number of hydrogen-bond acceptors (Lipinski definition) is 3. The molecule has 2 rings (SSSR count). The number of carboxylic acid groups (broad SMARTS) is 1. The predicted molar refractivity (Wildman–Crippen MR) is 66.1 cm³/mol. The van der Waals surface area contributed by atoms with Crippen LogP contribution in [0.25, 0.3) is 0 Å². The van der Waals surface area contributed by atoms with Crippen LogP contribution in [0.1, 0.15) is 30.6 Å². The Labute approximate surface area is 105 Å². The molecule has 0 aromatic heterocycles. The highest BCUT2D eigenvalue weighted by molar-refractivity contribution is 6.01. The molecule has 1 aliphatic heterocycles. The lowest BCUT2D eigenvalue weighted by molar-refractivity contribution is -0.126. The molecule has 0 aliphatic carbocycles. The van der Waals surface area contributed by atoms with Crippen LogP contribution in [0.4, 0.5) is 5.69 Å². The van der Waals surface area contributed by atoms with Crippen molar-refractivity contribution in [1.29, 1.82) is 0 Å². The monoisotopic (exact) mass is 249 g/mol. The Hall–Kier alpha value is -2.04. The molecule has 0 bridgehead atoms. The van der Waals surface area contributed by atoms with E-state index >= 15 is 0 Å². The number of aromatic carboxylic acids is 1. The van der Waals surface area contributed by atoms with E-state index in [1.807, 2.05) is 13.8 Å². The molecular formula is C13H15NO4. The van der Waals surface area contributed by atoms with Gasteiger partial charge in [-0.05, 0) is 31.5 Å². The minimum atomic E-state index is -1.01. The minimum Gasteiger partial charge on any atom is -0.478 e. The zero-order chi connectivity index (χ0) is 13.3. The van der Waals surface area contributed by atoms with Crippen LogP contribution in [0.3, 0.4) is 0 Å². The van der Waals surface area contributed by atoms with Gasteiger partial charge in [-0.25, -0.2) is 4.79 Å². The molecule has 1 N–H and O–H groups in total. The number of fused-ring (bicyclic) bond motifs is 1. The van der Waals surface area contributed by atoms with Crippen LogP contribution in [-0.2, 0) is 4.79 Å². The molecule has 1 heterocycles. The highest BCUT2D eigenvalue weighted by Gasteiger charge is 2.32. The number of ether oxygens (including phenoxy) is 1. The summed E-state index contributed by atoms with van der Waals surface area (Å²) < 4.78 is 5.56. The molecule has 0 saturated carbocycles. The summed E-state index contributed by atoms with van der Waals surface area (Å²) in [5.41, 5.74) is 0.797. The first-order valence-electron chi connectivity index (χ1n) is 5.93. The zero-order valence-electron chi connectivity index (χ0n) is 10.3. The number of hydrogen-bond donors (Lipinski definition) is 1. The maximum atomic E-state index is 12.1. The number of anilines is 1. The molecule has 0 fully saturated rings. The van der Waals surface area contributed by atoms with Gasteiger partial charge in [-0.2, -0.15) is 0 Å². The molecular weight excluding hydrogens is 234 g/mol. The number of nitrogens with zero attached hydrogens (tertiary/aromatic N) is 1. The fraction of sp³-hybridized carbons (Fsp3) is 0.385. The minimum absolute atomic E-state index is 0.0735. The number of likely N-dealkylation sites (N-methyl/N-ethyl adjacent to an activating group) is 1. The van der Waals surface area contributed by atoms with Crippen molar-refractivity contribution in [2.75, 3.05) is 11.4 Å². The molecule has 1 aromatic carbocycles. The molecule has 1 amide bonds. The molecule has 1 aliphatic rings. The maximum Gasteiger partial charge on any atom is 0.335 e.